The summed E-state index contributed by atoms with van der Waals surface area (Å²) in [6, 6.07) is 11.7. The van der Waals surface area contributed by atoms with E-state index in [0.29, 0.717) is 31.4 Å². The van der Waals surface area contributed by atoms with Crippen LogP contribution in [0, 0.1) is 5.41 Å². The van der Waals surface area contributed by atoms with E-state index in [1.165, 1.54) is 0 Å². The molecule has 0 radical (unpaired) electrons. The lowest BCUT2D eigenvalue weighted by Crippen LogP contribution is -2.42. The van der Waals surface area contributed by atoms with Crippen molar-refractivity contribution in [2.45, 2.75) is 51.0 Å². The van der Waals surface area contributed by atoms with Crippen molar-refractivity contribution in [3.05, 3.63) is 58.7 Å². The van der Waals surface area contributed by atoms with Gasteiger partial charge in [0.15, 0.2) is 0 Å². The number of hydrogen-bond donors (Lipinski definition) is 4. The summed E-state index contributed by atoms with van der Waals surface area (Å²) < 4.78 is 0. The number of hydrogen-bond acceptors (Lipinski definition) is 4. The molecule has 0 spiro atoms. The second-order valence-electron chi connectivity index (χ2n) is 7.69. The average molecular weight is 393 g/mol. The molecule has 29 heavy (non-hydrogen) atoms. The van der Waals surface area contributed by atoms with Gasteiger partial charge in [0.2, 0.25) is 12.8 Å². The number of amides is 2. The van der Waals surface area contributed by atoms with Gasteiger partial charge < -0.3 is 21.8 Å². The van der Waals surface area contributed by atoms with Crippen LogP contribution in [0.25, 0.3) is 0 Å². The number of carbonyl (C=O) groups excluding carboxylic acids is 2. The number of aryl methyl sites for hydroxylation is 2. The molecule has 3 rings (SSSR count). The van der Waals surface area contributed by atoms with E-state index < -0.39 is 5.41 Å². The molecule has 152 valence electrons. The van der Waals surface area contributed by atoms with Crippen LogP contribution < -0.4 is 16.4 Å². The van der Waals surface area contributed by atoms with Crippen LogP contribution >= 0.6 is 0 Å². The van der Waals surface area contributed by atoms with Crippen LogP contribution in [-0.2, 0) is 27.8 Å². The van der Waals surface area contributed by atoms with Gasteiger partial charge in [0, 0.05) is 23.1 Å². The zero-order valence-corrected chi connectivity index (χ0v) is 16.9. The number of carbonyl (C=O) groups is 2. The highest BCUT2D eigenvalue weighted by Gasteiger charge is 2.43. The van der Waals surface area contributed by atoms with Crippen molar-refractivity contribution in [1.82, 2.24) is 0 Å². The molecule has 0 bridgehead atoms. The van der Waals surface area contributed by atoms with Crippen molar-refractivity contribution in [3.63, 3.8) is 0 Å². The standard InChI is InChI=1S/C23H28N4O2/c1-3-22(25)23(12-15(2)24)20-8-6-18(26-13-28)10-16(20)4-5-17-11-19(27-14-29)7-9-21(17)23/h6-11,13-15,25H,3-5,12,24H2,1-2H3,(H,26,28)(H,27,29)/t15-/m1/s1. The molecular formula is C23H28N4O2. The van der Waals surface area contributed by atoms with Gasteiger partial charge in [0.25, 0.3) is 0 Å². The van der Waals surface area contributed by atoms with E-state index in [0.717, 1.165) is 46.5 Å². The van der Waals surface area contributed by atoms with Gasteiger partial charge in [-0.3, -0.25) is 9.59 Å². The molecule has 0 aliphatic heterocycles. The number of nitrogens with two attached hydrogens (primary N) is 1. The predicted octanol–water partition coefficient (Wildman–Crippen LogP) is 3.37. The topological polar surface area (TPSA) is 108 Å². The minimum absolute atomic E-state index is 0.110. The first-order valence-electron chi connectivity index (χ1n) is 9.97. The molecule has 1 aliphatic carbocycles. The first kappa shape index (κ1) is 20.7. The Kier molecular flexibility index (Phi) is 6.13. The molecule has 0 fully saturated rings. The first-order chi connectivity index (χ1) is 14.0. The van der Waals surface area contributed by atoms with Crippen LogP contribution in [0.15, 0.2) is 36.4 Å². The van der Waals surface area contributed by atoms with Gasteiger partial charge in [-0.1, -0.05) is 19.1 Å². The Morgan fingerprint density at radius 1 is 1.07 bits per heavy atom. The molecule has 6 heteroatoms. The fourth-order valence-corrected chi connectivity index (χ4v) is 4.62. The van der Waals surface area contributed by atoms with Gasteiger partial charge in [-0.15, -0.1) is 0 Å². The normalized spacial score (nSPS) is 15.3. The number of fused-ring (bicyclic) bond motifs is 2. The fraction of sp³-hybridized carbons (Fsp3) is 0.348. The minimum Gasteiger partial charge on any atom is -0.329 e. The second kappa shape index (κ2) is 8.57. The lowest BCUT2D eigenvalue weighted by atomic mass is 9.65. The predicted molar refractivity (Wildman–Crippen MR) is 117 cm³/mol. The maximum atomic E-state index is 10.9. The van der Waals surface area contributed by atoms with Crippen LogP contribution in [0.4, 0.5) is 11.4 Å². The summed E-state index contributed by atoms with van der Waals surface area (Å²) >= 11 is 0. The van der Waals surface area contributed by atoms with Crippen molar-refractivity contribution in [2.75, 3.05) is 10.6 Å². The summed E-state index contributed by atoms with van der Waals surface area (Å²) in [4.78, 5) is 21.8. The Hall–Kier alpha value is -2.99. The van der Waals surface area contributed by atoms with Crippen molar-refractivity contribution in [1.29, 1.82) is 5.41 Å². The Labute approximate surface area is 171 Å². The monoisotopic (exact) mass is 392 g/mol. The fourth-order valence-electron chi connectivity index (χ4n) is 4.62. The Bertz CT molecular complexity index is 875. The number of benzene rings is 2. The van der Waals surface area contributed by atoms with Crippen molar-refractivity contribution >= 4 is 29.9 Å². The third-order valence-corrected chi connectivity index (χ3v) is 5.74. The lowest BCUT2D eigenvalue weighted by molar-refractivity contribution is -0.106. The van der Waals surface area contributed by atoms with E-state index in [1.807, 2.05) is 50.2 Å². The molecule has 5 N–H and O–H groups in total. The summed E-state index contributed by atoms with van der Waals surface area (Å²) in [5, 5.41) is 14.5. The third kappa shape index (κ3) is 3.80. The smallest absolute Gasteiger partial charge is 0.211 e. The van der Waals surface area contributed by atoms with Crippen LogP contribution in [-0.4, -0.2) is 24.6 Å². The summed E-state index contributed by atoms with van der Waals surface area (Å²) in [5.41, 5.74) is 12.1. The molecule has 0 saturated heterocycles. The SMILES string of the molecule is CCC(=N)C1(C[C@@H](C)N)c2ccc(NC=O)cc2CCc2cc(NC=O)ccc21. The number of nitrogens with one attached hydrogen (secondary N) is 3. The van der Waals surface area contributed by atoms with E-state index in [9.17, 15) is 9.59 Å². The summed E-state index contributed by atoms with van der Waals surface area (Å²) in [6.45, 7) is 3.97. The molecule has 6 nitrogen and oxygen atoms in total. The zero-order chi connectivity index (χ0) is 21.0. The van der Waals surface area contributed by atoms with E-state index in [-0.39, 0.29) is 6.04 Å². The van der Waals surface area contributed by atoms with E-state index in [1.54, 1.807) is 0 Å². The minimum atomic E-state index is -0.635. The number of rotatable bonds is 8. The van der Waals surface area contributed by atoms with Gasteiger partial charge in [0.1, 0.15) is 0 Å². The van der Waals surface area contributed by atoms with E-state index in [2.05, 4.69) is 10.6 Å². The van der Waals surface area contributed by atoms with Crippen molar-refractivity contribution < 1.29 is 9.59 Å². The highest BCUT2D eigenvalue weighted by atomic mass is 16.1. The van der Waals surface area contributed by atoms with Crippen LogP contribution in [0.1, 0.15) is 48.9 Å². The molecule has 2 aromatic rings. The highest BCUT2D eigenvalue weighted by molar-refractivity contribution is 5.97. The van der Waals surface area contributed by atoms with Gasteiger partial charge in [-0.2, -0.15) is 0 Å². The lowest BCUT2D eigenvalue weighted by Gasteiger charge is -2.38. The Morgan fingerprint density at radius 3 is 1.93 bits per heavy atom. The van der Waals surface area contributed by atoms with Gasteiger partial charge >= 0.3 is 0 Å². The van der Waals surface area contributed by atoms with Gasteiger partial charge in [0.05, 0.1) is 5.41 Å². The summed E-state index contributed by atoms with van der Waals surface area (Å²) in [6.07, 6.45) is 4.12. The van der Waals surface area contributed by atoms with Crippen LogP contribution in [0.5, 0.6) is 0 Å². The molecule has 0 unspecified atom stereocenters. The van der Waals surface area contributed by atoms with Crippen LogP contribution in [0.2, 0.25) is 0 Å². The maximum Gasteiger partial charge on any atom is 0.211 e. The Balaban J connectivity index is 2.30. The maximum absolute atomic E-state index is 10.9. The molecule has 2 amide bonds. The third-order valence-electron chi connectivity index (χ3n) is 5.74. The molecule has 0 heterocycles. The van der Waals surface area contributed by atoms with Gasteiger partial charge in [-0.05, 0) is 79.1 Å². The second-order valence-corrected chi connectivity index (χ2v) is 7.69. The first-order valence-corrected chi connectivity index (χ1v) is 9.97. The summed E-state index contributed by atoms with van der Waals surface area (Å²) in [5.74, 6) is 0. The molecular weight excluding hydrogens is 364 g/mol. The average Bonchev–Trinajstić information content (AvgIpc) is 2.83. The quantitative estimate of drug-likeness (QED) is 0.408. The largest absolute Gasteiger partial charge is 0.329 e. The van der Waals surface area contributed by atoms with Crippen molar-refractivity contribution in [2.24, 2.45) is 5.73 Å². The summed E-state index contributed by atoms with van der Waals surface area (Å²) in [7, 11) is 0. The molecule has 0 aromatic heterocycles. The number of anilines is 2. The molecule has 1 atom stereocenters. The molecule has 2 aromatic carbocycles. The van der Waals surface area contributed by atoms with Gasteiger partial charge in [-0.25, -0.2) is 0 Å². The molecule has 1 aliphatic rings. The van der Waals surface area contributed by atoms with E-state index in [4.69, 9.17) is 11.1 Å². The molecule has 0 saturated carbocycles. The Morgan fingerprint density at radius 2 is 1.55 bits per heavy atom. The van der Waals surface area contributed by atoms with Crippen LogP contribution in [0.3, 0.4) is 0 Å². The van der Waals surface area contributed by atoms with E-state index >= 15 is 0 Å². The highest BCUT2D eigenvalue weighted by Crippen LogP contribution is 2.45. The zero-order valence-electron chi connectivity index (χ0n) is 16.9. The van der Waals surface area contributed by atoms with Crippen molar-refractivity contribution in [3.8, 4) is 0 Å².